The Morgan fingerprint density at radius 2 is 2.27 bits per heavy atom. The van der Waals surface area contributed by atoms with Crippen LogP contribution in [0.15, 0.2) is 12.7 Å². The predicted octanol–water partition coefficient (Wildman–Crippen LogP) is 2.01. The lowest BCUT2D eigenvalue weighted by Crippen LogP contribution is -2.41. The zero-order valence-electron chi connectivity index (χ0n) is 9.88. The smallest absolute Gasteiger partial charge is 0.326 e. The first-order valence-corrected chi connectivity index (χ1v) is 5.43. The summed E-state index contributed by atoms with van der Waals surface area (Å²) >= 11 is 0. The van der Waals surface area contributed by atoms with Crippen LogP contribution >= 0.6 is 0 Å². The van der Waals surface area contributed by atoms with Crippen molar-refractivity contribution in [3.8, 4) is 0 Å². The molecule has 0 aliphatic heterocycles. The van der Waals surface area contributed by atoms with Crippen molar-refractivity contribution in [3.63, 3.8) is 0 Å². The van der Waals surface area contributed by atoms with Gasteiger partial charge in [0.25, 0.3) is 0 Å². The summed E-state index contributed by atoms with van der Waals surface area (Å²) in [5, 5.41) is 0. The Hall–Kier alpha value is -0.830. The SMILES string of the molecule is C=CCCC1C[C@@]1(N)C(=O)OC(C)(C)C. The van der Waals surface area contributed by atoms with E-state index in [0.717, 1.165) is 19.3 Å². The van der Waals surface area contributed by atoms with Crippen LogP contribution in [0.1, 0.15) is 40.0 Å². The van der Waals surface area contributed by atoms with Crippen molar-refractivity contribution < 1.29 is 9.53 Å². The Morgan fingerprint density at radius 1 is 1.67 bits per heavy atom. The molecule has 0 spiro atoms. The zero-order chi connectivity index (χ0) is 11.7. The van der Waals surface area contributed by atoms with E-state index in [9.17, 15) is 4.79 Å². The fraction of sp³-hybridized carbons (Fsp3) is 0.750. The minimum Gasteiger partial charge on any atom is -0.459 e. The van der Waals surface area contributed by atoms with Crippen LogP contribution in [0, 0.1) is 5.92 Å². The number of hydrogen-bond donors (Lipinski definition) is 1. The number of nitrogens with two attached hydrogens (primary N) is 1. The van der Waals surface area contributed by atoms with Crippen LogP contribution in [0.25, 0.3) is 0 Å². The summed E-state index contributed by atoms with van der Waals surface area (Å²) < 4.78 is 5.29. The van der Waals surface area contributed by atoms with E-state index in [-0.39, 0.29) is 11.9 Å². The lowest BCUT2D eigenvalue weighted by Gasteiger charge is -2.22. The van der Waals surface area contributed by atoms with Crippen LogP contribution in [0.2, 0.25) is 0 Å². The van der Waals surface area contributed by atoms with Crippen molar-refractivity contribution in [2.45, 2.75) is 51.2 Å². The predicted molar refractivity (Wildman–Crippen MR) is 60.3 cm³/mol. The number of rotatable bonds is 4. The molecule has 1 saturated carbocycles. The zero-order valence-corrected chi connectivity index (χ0v) is 9.88. The lowest BCUT2D eigenvalue weighted by atomic mass is 10.1. The van der Waals surface area contributed by atoms with Gasteiger partial charge in [-0.25, -0.2) is 0 Å². The minimum absolute atomic E-state index is 0.260. The van der Waals surface area contributed by atoms with Gasteiger partial charge in [-0.05, 0) is 46.0 Å². The third-order valence-electron chi connectivity index (χ3n) is 2.65. The van der Waals surface area contributed by atoms with Gasteiger partial charge in [0.2, 0.25) is 0 Å². The summed E-state index contributed by atoms with van der Waals surface area (Å²) in [5.74, 6) is 0.00872. The molecule has 1 aliphatic rings. The van der Waals surface area contributed by atoms with Gasteiger partial charge in [0.1, 0.15) is 11.1 Å². The quantitative estimate of drug-likeness (QED) is 0.571. The third-order valence-corrected chi connectivity index (χ3v) is 2.65. The van der Waals surface area contributed by atoms with E-state index >= 15 is 0 Å². The van der Waals surface area contributed by atoms with Crippen LogP contribution in [0.3, 0.4) is 0 Å². The fourth-order valence-electron chi connectivity index (χ4n) is 1.65. The Kier molecular flexibility index (Phi) is 3.24. The van der Waals surface area contributed by atoms with Gasteiger partial charge in [-0.2, -0.15) is 0 Å². The number of ether oxygens (including phenoxy) is 1. The number of esters is 1. The van der Waals surface area contributed by atoms with Crippen molar-refractivity contribution >= 4 is 5.97 Å². The monoisotopic (exact) mass is 211 g/mol. The molecule has 0 amide bonds. The Balaban J connectivity index is 2.45. The van der Waals surface area contributed by atoms with Crippen LogP contribution in [-0.2, 0) is 9.53 Å². The standard InChI is InChI=1S/C12H21NO2/c1-5-6-7-9-8-12(9,13)10(14)15-11(2,3)4/h5,9H,1,6-8,13H2,2-4H3/t9?,12-/m0/s1. The molecule has 1 rings (SSSR count). The molecule has 0 bridgehead atoms. The molecule has 2 N–H and O–H groups in total. The largest absolute Gasteiger partial charge is 0.459 e. The fourth-order valence-corrected chi connectivity index (χ4v) is 1.65. The molecule has 0 heterocycles. The van der Waals surface area contributed by atoms with Crippen LogP contribution in [0.5, 0.6) is 0 Å². The van der Waals surface area contributed by atoms with Crippen molar-refractivity contribution in [3.05, 3.63) is 12.7 Å². The number of carbonyl (C=O) groups is 1. The number of hydrogen-bond acceptors (Lipinski definition) is 3. The van der Waals surface area contributed by atoms with Gasteiger partial charge in [-0.15, -0.1) is 6.58 Å². The molecule has 15 heavy (non-hydrogen) atoms. The Labute approximate surface area is 91.7 Å². The van der Waals surface area contributed by atoms with E-state index in [1.807, 2.05) is 26.8 Å². The average molecular weight is 211 g/mol. The van der Waals surface area contributed by atoms with Gasteiger partial charge in [0, 0.05) is 0 Å². The van der Waals surface area contributed by atoms with E-state index in [1.54, 1.807) is 0 Å². The summed E-state index contributed by atoms with van der Waals surface area (Å²) in [6.07, 6.45) is 4.44. The molecule has 3 heteroatoms. The Morgan fingerprint density at radius 3 is 2.73 bits per heavy atom. The van der Waals surface area contributed by atoms with Crippen LogP contribution < -0.4 is 5.73 Å². The normalized spacial score (nSPS) is 29.7. The van der Waals surface area contributed by atoms with Crippen molar-refractivity contribution in [2.75, 3.05) is 0 Å². The van der Waals surface area contributed by atoms with Gasteiger partial charge in [0.15, 0.2) is 0 Å². The molecule has 1 aliphatic carbocycles. The maximum absolute atomic E-state index is 11.7. The van der Waals surface area contributed by atoms with E-state index in [1.165, 1.54) is 0 Å². The van der Waals surface area contributed by atoms with E-state index in [0.29, 0.717) is 0 Å². The minimum atomic E-state index is -0.726. The summed E-state index contributed by atoms with van der Waals surface area (Å²) in [7, 11) is 0. The first-order valence-electron chi connectivity index (χ1n) is 5.43. The second kappa shape index (κ2) is 3.97. The molecular formula is C12H21NO2. The van der Waals surface area contributed by atoms with Gasteiger partial charge in [-0.3, -0.25) is 4.79 Å². The van der Waals surface area contributed by atoms with Gasteiger partial charge < -0.3 is 10.5 Å². The first kappa shape index (κ1) is 12.2. The molecular weight excluding hydrogens is 190 g/mol. The highest BCUT2D eigenvalue weighted by molar-refractivity contribution is 5.85. The summed E-state index contributed by atoms with van der Waals surface area (Å²) in [5.41, 5.74) is 4.80. The maximum Gasteiger partial charge on any atom is 0.326 e. The van der Waals surface area contributed by atoms with E-state index < -0.39 is 11.1 Å². The van der Waals surface area contributed by atoms with Crippen LogP contribution in [-0.4, -0.2) is 17.1 Å². The van der Waals surface area contributed by atoms with Crippen molar-refractivity contribution in [2.24, 2.45) is 11.7 Å². The summed E-state index contributed by atoms with van der Waals surface area (Å²) in [6, 6.07) is 0. The topological polar surface area (TPSA) is 52.3 Å². The maximum atomic E-state index is 11.7. The molecule has 2 atom stereocenters. The van der Waals surface area contributed by atoms with Gasteiger partial charge >= 0.3 is 5.97 Å². The lowest BCUT2D eigenvalue weighted by molar-refractivity contribution is -0.158. The molecule has 3 nitrogen and oxygen atoms in total. The molecule has 1 unspecified atom stereocenters. The highest BCUT2D eigenvalue weighted by atomic mass is 16.6. The molecule has 0 aromatic carbocycles. The number of allylic oxidation sites excluding steroid dienone is 1. The molecule has 0 aromatic heterocycles. The van der Waals surface area contributed by atoms with E-state index in [2.05, 4.69) is 6.58 Å². The summed E-state index contributed by atoms with van der Waals surface area (Å²) in [6.45, 7) is 9.23. The highest BCUT2D eigenvalue weighted by Crippen LogP contribution is 2.45. The number of carbonyl (C=O) groups excluding carboxylic acids is 1. The second-order valence-electron chi connectivity index (χ2n) is 5.31. The molecule has 0 radical (unpaired) electrons. The molecule has 0 aromatic rings. The van der Waals surface area contributed by atoms with Crippen molar-refractivity contribution in [1.29, 1.82) is 0 Å². The third kappa shape index (κ3) is 3.06. The average Bonchev–Trinajstić information content (AvgIpc) is 2.72. The van der Waals surface area contributed by atoms with Crippen LogP contribution in [0.4, 0.5) is 0 Å². The van der Waals surface area contributed by atoms with E-state index in [4.69, 9.17) is 10.5 Å². The van der Waals surface area contributed by atoms with Gasteiger partial charge in [0.05, 0.1) is 0 Å². The molecule has 1 fully saturated rings. The van der Waals surface area contributed by atoms with Gasteiger partial charge in [-0.1, -0.05) is 6.08 Å². The highest BCUT2D eigenvalue weighted by Gasteiger charge is 2.58. The summed E-state index contributed by atoms with van der Waals surface area (Å²) in [4.78, 5) is 11.7. The molecule has 86 valence electrons. The molecule has 0 saturated heterocycles. The Bertz CT molecular complexity index is 267. The van der Waals surface area contributed by atoms with Crippen molar-refractivity contribution in [1.82, 2.24) is 0 Å². The first-order chi connectivity index (χ1) is 6.79. The second-order valence-corrected chi connectivity index (χ2v) is 5.31.